The van der Waals surface area contributed by atoms with E-state index < -0.39 is 0 Å². The van der Waals surface area contributed by atoms with Gasteiger partial charge in [0.15, 0.2) is 5.78 Å². The van der Waals surface area contributed by atoms with Gasteiger partial charge in [0, 0.05) is 5.41 Å². The van der Waals surface area contributed by atoms with E-state index in [4.69, 9.17) is 0 Å². The van der Waals surface area contributed by atoms with Crippen LogP contribution in [-0.4, -0.2) is 20.5 Å². The van der Waals surface area contributed by atoms with E-state index in [2.05, 4.69) is 16.7 Å². The third-order valence-electron chi connectivity index (χ3n) is 2.34. The zero-order chi connectivity index (χ0) is 12.3. The lowest BCUT2D eigenvalue weighted by molar-refractivity contribution is -0.130. The van der Waals surface area contributed by atoms with E-state index in [1.54, 1.807) is 11.0 Å². The summed E-state index contributed by atoms with van der Waals surface area (Å²) >= 11 is 0. The molecule has 0 N–H and O–H groups in total. The minimum absolute atomic E-state index is 0.154. The first-order valence-electron chi connectivity index (χ1n) is 5.35. The molecule has 4 nitrogen and oxygen atoms in total. The molecule has 0 bridgehead atoms. The van der Waals surface area contributed by atoms with Crippen LogP contribution in [0, 0.1) is 5.41 Å². The van der Waals surface area contributed by atoms with Crippen molar-refractivity contribution >= 4 is 5.78 Å². The second-order valence-corrected chi connectivity index (χ2v) is 5.17. The number of hydrogen-bond acceptors (Lipinski definition) is 3. The van der Waals surface area contributed by atoms with Crippen molar-refractivity contribution in [2.24, 2.45) is 5.41 Å². The Balaban J connectivity index is 2.97. The molecule has 1 unspecified atom stereocenters. The molecule has 0 fully saturated rings. The molecule has 88 valence electrons. The molecule has 1 aromatic heterocycles. The van der Waals surface area contributed by atoms with Crippen LogP contribution in [0.1, 0.15) is 40.2 Å². The molecule has 0 aliphatic heterocycles. The molecule has 0 amide bonds. The van der Waals surface area contributed by atoms with Crippen LogP contribution in [0.15, 0.2) is 24.8 Å². The highest BCUT2D eigenvalue weighted by atomic mass is 16.1. The van der Waals surface area contributed by atoms with Crippen molar-refractivity contribution in [1.82, 2.24) is 14.8 Å². The monoisotopic (exact) mass is 221 g/mol. The highest BCUT2D eigenvalue weighted by Crippen LogP contribution is 2.26. The van der Waals surface area contributed by atoms with Crippen molar-refractivity contribution < 1.29 is 4.79 Å². The minimum atomic E-state index is -0.383. The maximum atomic E-state index is 12.3. The Bertz CT molecular complexity index is 373. The maximum absolute atomic E-state index is 12.3. The van der Waals surface area contributed by atoms with Crippen molar-refractivity contribution in [3.63, 3.8) is 0 Å². The van der Waals surface area contributed by atoms with Crippen LogP contribution >= 0.6 is 0 Å². The smallest absolute Gasteiger partial charge is 0.163 e. The summed E-state index contributed by atoms with van der Waals surface area (Å²) in [6.07, 6.45) is 3.64. The van der Waals surface area contributed by atoms with E-state index in [9.17, 15) is 4.79 Å². The summed E-state index contributed by atoms with van der Waals surface area (Å²) in [5.41, 5.74) is 0.588. The lowest BCUT2D eigenvalue weighted by Crippen LogP contribution is -2.31. The van der Waals surface area contributed by atoms with Crippen LogP contribution in [0.2, 0.25) is 0 Å². The van der Waals surface area contributed by atoms with Crippen LogP contribution < -0.4 is 0 Å². The van der Waals surface area contributed by atoms with Gasteiger partial charge in [0.2, 0.25) is 0 Å². The lowest BCUT2D eigenvalue weighted by atomic mass is 9.84. The van der Waals surface area contributed by atoms with E-state index in [1.165, 1.54) is 6.33 Å². The predicted octanol–water partition coefficient (Wildman–Crippen LogP) is 2.40. The van der Waals surface area contributed by atoms with Gasteiger partial charge in [-0.25, -0.2) is 9.67 Å². The van der Waals surface area contributed by atoms with Crippen LogP contribution in [-0.2, 0) is 4.79 Å². The Hall–Kier alpha value is -1.45. The molecule has 0 radical (unpaired) electrons. The van der Waals surface area contributed by atoms with Gasteiger partial charge in [-0.05, 0) is 13.3 Å². The highest BCUT2D eigenvalue weighted by molar-refractivity contribution is 5.87. The van der Waals surface area contributed by atoms with Gasteiger partial charge in [0.1, 0.15) is 18.7 Å². The highest BCUT2D eigenvalue weighted by Gasteiger charge is 2.31. The third-order valence-corrected chi connectivity index (χ3v) is 2.34. The fourth-order valence-electron chi connectivity index (χ4n) is 1.51. The minimum Gasteiger partial charge on any atom is -0.297 e. The maximum Gasteiger partial charge on any atom is 0.163 e. The van der Waals surface area contributed by atoms with Gasteiger partial charge in [0.05, 0.1) is 0 Å². The van der Waals surface area contributed by atoms with E-state index in [-0.39, 0.29) is 17.2 Å². The molecule has 1 aromatic rings. The number of carbonyl (C=O) groups excluding carboxylic acids is 1. The summed E-state index contributed by atoms with van der Waals surface area (Å²) in [6, 6.07) is -0.292. The Labute approximate surface area is 96.4 Å². The van der Waals surface area contributed by atoms with E-state index in [1.807, 2.05) is 27.7 Å². The Morgan fingerprint density at radius 3 is 2.50 bits per heavy atom. The molecule has 0 aliphatic carbocycles. The molecular weight excluding hydrogens is 202 g/mol. The van der Waals surface area contributed by atoms with Crippen molar-refractivity contribution in [3.05, 3.63) is 24.8 Å². The predicted molar refractivity (Wildman–Crippen MR) is 63.0 cm³/mol. The normalized spacial score (nSPS) is 13.5. The zero-order valence-corrected chi connectivity index (χ0v) is 10.4. The average molecular weight is 221 g/mol. The topological polar surface area (TPSA) is 47.8 Å². The van der Waals surface area contributed by atoms with Gasteiger partial charge < -0.3 is 0 Å². The van der Waals surface area contributed by atoms with Crippen LogP contribution in [0.5, 0.6) is 0 Å². The number of nitrogens with zero attached hydrogens (tertiary/aromatic N) is 3. The number of hydrogen-bond donors (Lipinski definition) is 0. The summed E-state index contributed by atoms with van der Waals surface area (Å²) < 4.78 is 1.61. The quantitative estimate of drug-likeness (QED) is 0.733. The molecule has 1 atom stereocenters. The van der Waals surface area contributed by atoms with Gasteiger partial charge in [-0.15, -0.1) is 6.58 Å². The fourth-order valence-corrected chi connectivity index (χ4v) is 1.51. The van der Waals surface area contributed by atoms with Crippen molar-refractivity contribution in [1.29, 1.82) is 0 Å². The number of rotatable bonds is 4. The summed E-state index contributed by atoms with van der Waals surface area (Å²) in [5.74, 6) is 0.154. The number of Topliss-reactive ketones (excluding diaryl/α,β-unsaturated/α-hetero) is 1. The Morgan fingerprint density at radius 2 is 2.12 bits per heavy atom. The molecule has 0 saturated heterocycles. The third kappa shape index (κ3) is 3.02. The second kappa shape index (κ2) is 4.60. The van der Waals surface area contributed by atoms with Crippen LogP contribution in [0.3, 0.4) is 0 Å². The molecule has 1 heterocycles. The Kier molecular flexibility index (Phi) is 3.62. The summed E-state index contributed by atoms with van der Waals surface area (Å²) in [6.45, 7) is 11.5. The zero-order valence-electron chi connectivity index (χ0n) is 10.4. The van der Waals surface area contributed by atoms with Gasteiger partial charge in [0.25, 0.3) is 0 Å². The lowest BCUT2D eigenvalue weighted by Gasteiger charge is -2.24. The van der Waals surface area contributed by atoms with Crippen LogP contribution in [0.4, 0.5) is 0 Å². The number of allylic oxidation sites excluding steroid dienone is 1. The molecular formula is C12H19N3O. The standard InChI is InChI=1S/C12H19N3O/c1-9(2)6-10(11(16)12(3,4)5)15-8-13-7-14-15/h7-8,10H,1,6H2,2-5H3. The first-order valence-corrected chi connectivity index (χ1v) is 5.35. The first kappa shape index (κ1) is 12.6. The molecule has 0 spiro atoms. The van der Waals surface area contributed by atoms with Crippen molar-refractivity contribution in [2.75, 3.05) is 0 Å². The number of carbonyl (C=O) groups is 1. The number of aromatic nitrogens is 3. The summed E-state index contributed by atoms with van der Waals surface area (Å²) in [4.78, 5) is 16.2. The molecule has 0 aliphatic rings. The second-order valence-electron chi connectivity index (χ2n) is 5.17. The average Bonchev–Trinajstić information content (AvgIpc) is 2.63. The molecule has 0 aromatic carbocycles. The fraction of sp³-hybridized carbons (Fsp3) is 0.583. The molecule has 4 heteroatoms. The SMILES string of the molecule is C=C(C)CC(C(=O)C(C)(C)C)n1cncn1. The largest absolute Gasteiger partial charge is 0.297 e. The van der Waals surface area contributed by atoms with Crippen molar-refractivity contribution in [2.45, 2.75) is 40.2 Å². The summed E-state index contributed by atoms with van der Waals surface area (Å²) in [7, 11) is 0. The van der Waals surface area contributed by atoms with E-state index in [0.717, 1.165) is 5.57 Å². The molecule has 1 rings (SSSR count). The summed E-state index contributed by atoms with van der Waals surface area (Å²) in [5, 5.41) is 4.05. The van der Waals surface area contributed by atoms with E-state index in [0.29, 0.717) is 6.42 Å². The van der Waals surface area contributed by atoms with Gasteiger partial charge in [-0.3, -0.25) is 4.79 Å². The first-order chi connectivity index (χ1) is 7.32. The number of ketones is 1. The van der Waals surface area contributed by atoms with Gasteiger partial charge >= 0.3 is 0 Å². The van der Waals surface area contributed by atoms with Crippen molar-refractivity contribution in [3.8, 4) is 0 Å². The Morgan fingerprint density at radius 1 is 1.50 bits per heavy atom. The van der Waals surface area contributed by atoms with Gasteiger partial charge in [-0.2, -0.15) is 5.10 Å². The molecule has 0 saturated carbocycles. The van der Waals surface area contributed by atoms with E-state index >= 15 is 0 Å². The molecule has 16 heavy (non-hydrogen) atoms. The van der Waals surface area contributed by atoms with Gasteiger partial charge in [-0.1, -0.05) is 26.3 Å². The van der Waals surface area contributed by atoms with Crippen LogP contribution in [0.25, 0.3) is 0 Å².